The maximum Gasteiger partial charge on any atom is 0.281 e. The second-order valence-corrected chi connectivity index (χ2v) is 6.12. The molecule has 2 rings (SSSR count). The number of aliphatic hydroxyl groups excluding tert-OH is 1. The molecule has 1 aromatic carbocycles. The molecule has 0 spiro atoms. The number of hydrogen-bond donors (Lipinski definition) is 2. The molecule has 0 saturated carbocycles. The molecule has 0 aliphatic rings. The third-order valence-corrected chi connectivity index (χ3v) is 4.62. The van der Waals surface area contributed by atoms with E-state index in [0.717, 1.165) is 4.68 Å². The zero-order chi connectivity index (χ0) is 14.0. The van der Waals surface area contributed by atoms with E-state index in [0.29, 0.717) is 11.3 Å². The molecular formula is C10H11BrN4O3S. The van der Waals surface area contributed by atoms with Gasteiger partial charge in [-0.15, -0.1) is 5.10 Å². The number of aliphatic hydroxyl groups is 1. The molecule has 7 nitrogen and oxygen atoms in total. The van der Waals surface area contributed by atoms with Gasteiger partial charge in [0.2, 0.25) is 5.03 Å². The van der Waals surface area contributed by atoms with Gasteiger partial charge in [-0.1, -0.05) is 17.3 Å². The van der Waals surface area contributed by atoms with Gasteiger partial charge in [-0.05, 0) is 33.6 Å². The fourth-order valence-electron chi connectivity index (χ4n) is 1.54. The van der Waals surface area contributed by atoms with Crippen molar-refractivity contribution in [2.24, 2.45) is 7.05 Å². The number of sulfonamides is 1. The summed E-state index contributed by atoms with van der Waals surface area (Å²) >= 11 is 3.04. The predicted octanol–water partition coefficient (Wildman–Crippen LogP) is 0.871. The monoisotopic (exact) mass is 346 g/mol. The van der Waals surface area contributed by atoms with Crippen molar-refractivity contribution in [1.82, 2.24) is 15.0 Å². The van der Waals surface area contributed by atoms with Gasteiger partial charge in [0.1, 0.15) is 0 Å². The Hall–Kier alpha value is -1.45. The lowest BCUT2D eigenvalue weighted by Gasteiger charge is -2.08. The van der Waals surface area contributed by atoms with E-state index in [2.05, 4.69) is 31.0 Å². The molecule has 2 N–H and O–H groups in total. The summed E-state index contributed by atoms with van der Waals surface area (Å²) in [7, 11) is -2.31. The van der Waals surface area contributed by atoms with Crippen molar-refractivity contribution in [2.45, 2.75) is 11.6 Å². The number of anilines is 1. The summed E-state index contributed by atoms with van der Waals surface area (Å²) in [5.74, 6) is 0. The number of hydrogen-bond acceptors (Lipinski definition) is 5. The largest absolute Gasteiger partial charge is 0.392 e. The van der Waals surface area contributed by atoms with E-state index in [1.807, 2.05) is 0 Å². The Balaban J connectivity index is 2.36. The van der Waals surface area contributed by atoms with Crippen molar-refractivity contribution in [1.29, 1.82) is 0 Å². The van der Waals surface area contributed by atoms with Crippen LogP contribution in [0, 0.1) is 0 Å². The SMILES string of the molecule is Cn1nnc(Br)c1S(=O)(=O)Nc1cccc(CO)c1. The topological polar surface area (TPSA) is 97.1 Å². The third kappa shape index (κ3) is 2.94. The summed E-state index contributed by atoms with van der Waals surface area (Å²) in [6.07, 6.45) is 0. The van der Waals surface area contributed by atoms with Gasteiger partial charge in [0, 0.05) is 12.7 Å². The van der Waals surface area contributed by atoms with Crippen LogP contribution < -0.4 is 4.72 Å². The summed E-state index contributed by atoms with van der Waals surface area (Å²) < 4.78 is 28.1. The Morgan fingerprint density at radius 2 is 2.21 bits per heavy atom. The minimum atomic E-state index is -3.80. The molecule has 102 valence electrons. The highest BCUT2D eigenvalue weighted by molar-refractivity contribution is 9.10. The molecule has 0 bridgehead atoms. The van der Waals surface area contributed by atoms with Crippen LogP contribution in [0.2, 0.25) is 0 Å². The zero-order valence-electron chi connectivity index (χ0n) is 9.91. The van der Waals surface area contributed by atoms with Gasteiger partial charge in [0.15, 0.2) is 4.60 Å². The highest BCUT2D eigenvalue weighted by atomic mass is 79.9. The molecule has 1 aromatic heterocycles. The molecule has 0 aliphatic carbocycles. The number of rotatable bonds is 4. The summed E-state index contributed by atoms with van der Waals surface area (Å²) in [6, 6.07) is 6.49. The third-order valence-electron chi connectivity index (χ3n) is 2.35. The Bertz CT molecular complexity index is 679. The van der Waals surface area contributed by atoms with Gasteiger partial charge in [0.05, 0.1) is 6.61 Å². The first-order valence-corrected chi connectivity index (χ1v) is 7.49. The van der Waals surface area contributed by atoms with Gasteiger partial charge >= 0.3 is 0 Å². The van der Waals surface area contributed by atoms with Crippen LogP contribution in [0.15, 0.2) is 33.9 Å². The molecule has 0 unspecified atom stereocenters. The van der Waals surface area contributed by atoms with Gasteiger partial charge in [-0.3, -0.25) is 4.72 Å². The van der Waals surface area contributed by atoms with Crippen LogP contribution >= 0.6 is 15.9 Å². The van der Waals surface area contributed by atoms with Crippen molar-refractivity contribution in [3.63, 3.8) is 0 Å². The minimum Gasteiger partial charge on any atom is -0.392 e. The lowest BCUT2D eigenvalue weighted by atomic mass is 10.2. The highest BCUT2D eigenvalue weighted by Gasteiger charge is 2.23. The Morgan fingerprint density at radius 3 is 2.79 bits per heavy atom. The molecule has 9 heteroatoms. The van der Waals surface area contributed by atoms with E-state index in [9.17, 15) is 8.42 Å². The summed E-state index contributed by atoms with van der Waals surface area (Å²) in [4.78, 5) is 0. The summed E-state index contributed by atoms with van der Waals surface area (Å²) in [5, 5.41) is 16.2. The zero-order valence-corrected chi connectivity index (χ0v) is 12.3. The predicted molar refractivity (Wildman–Crippen MR) is 71.9 cm³/mol. The average Bonchev–Trinajstić information content (AvgIpc) is 2.69. The smallest absolute Gasteiger partial charge is 0.281 e. The number of aromatic nitrogens is 3. The number of benzene rings is 1. The number of halogens is 1. The van der Waals surface area contributed by atoms with Crippen molar-refractivity contribution < 1.29 is 13.5 Å². The first kappa shape index (κ1) is 14.0. The van der Waals surface area contributed by atoms with Crippen molar-refractivity contribution in [3.05, 3.63) is 34.4 Å². The summed E-state index contributed by atoms with van der Waals surface area (Å²) in [5.41, 5.74) is 0.974. The van der Waals surface area contributed by atoms with E-state index >= 15 is 0 Å². The van der Waals surface area contributed by atoms with Gasteiger partial charge in [0.25, 0.3) is 10.0 Å². The van der Waals surface area contributed by atoms with Crippen molar-refractivity contribution in [2.75, 3.05) is 4.72 Å². The van der Waals surface area contributed by atoms with Crippen LogP contribution in [0.4, 0.5) is 5.69 Å². The molecule has 0 aliphatic heterocycles. The molecule has 19 heavy (non-hydrogen) atoms. The molecular weight excluding hydrogens is 336 g/mol. The Kier molecular flexibility index (Phi) is 3.88. The molecule has 2 aromatic rings. The summed E-state index contributed by atoms with van der Waals surface area (Å²) in [6.45, 7) is -0.160. The molecule has 1 heterocycles. The normalized spacial score (nSPS) is 11.5. The molecule has 0 saturated heterocycles. The quantitative estimate of drug-likeness (QED) is 0.856. The number of nitrogens with one attached hydrogen (secondary N) is 1. The lowest BCUT2D eigenvalue weighted by Crippen LogP contribution is -2.17. The van der Waals surface area contributed by atoms with E-state index < -0.39 is 10.0 Å². The molecule has 0 atom stereocenters. The minimum absolute atomic E-state index is 0.0677. The fraction of sp³-hybridized carbons (Fsp3) is 0.200. The Labute approximate surface area is 118 Å². The van der Waals surface area contributed by atoms with Gasteiger partial charge in [-0.25, -0.2) is 4.68 Å². The van der Waals surface area contributed by atoms with Gasteiger partial charge < -0.3 is 5.11 Å². The molecule has 0 radical (unpaired) electrons. The van der Waals surface area contributed by atoms with E-state index in [4.69, 9.17) is 5.11 Å². The highest BCUT2D eigenvalue weighted by Crippen LogP contribution is 2.21. The van der Waals surface area contributed by atoms with Crippen LogP contribution in [-0.2, 0) is 23.7 Å². The lowest BCUT2D eigenvalue weighted by molar-refractivity contribution is 0.282. The van der Waals surface area contributed by atoms with Crippen LogP contribution in [0.3, 0.4) is 0 Å². The van der Waals surface area contributed by atoms with E-state index in [1.54, 1.807) is 24.3 Å². The number of nitrogens with zero attached hydrogens (tertiary/aromatic N) is 3. The average molecular weight is 347 g/mol. The first-order valence-electron chi connectivity index (χ1n) is 5.22. The standard InChI is InChI=1S/C10H11BrN4O3S/c1-15-10(9(11)12-14-15)19(17,18)13-8-4-2-3-7(5-8)6-16/h2-5,13,16H,6H2,1H3. The number of aryl methyl sites for hydroxylation is 1. The second kappa shape index (κ2) is 5.27. The maximum absolute atomic E-state index is 12.2. The van der Waals surface area contributed by atoms with Crippen molar-refractivity contribution in [3.8, 4) is 0 Å². The second-order valence-electron chi connectivity index (χ2n) is 3.77. The van der Waals surface area contributed by atoms with E-state index in [-0.39, 0.29) is 16.2 Å². The van der Waals surface area contributed by atoms with E-state index in [1.165, 1.54) is 7.05 Å². The van der Waals surface area contributed by atoms with Crippen LogP contribution in [0.25, 0.3) is 0 Å². The molecule has 0 fully saturated rings. The van der Waals surface area contributed by atoms with Crippen molar-refractivity contribution >= 4 is 31.6 Å². The van der Waals surface area contributed by atoms with Crippen LogP contribution in [-0.4, -0.2) is 28.5 Å². The first-order chi connectivity index (χ1) is 8.94. The maximum atomic E-state index is 12.2. The van der Waals surface area contributed by atoms with Crippen LogP contribution in [0.5, 0.6) is 0 Å². The fourth-order valence-corrected chi connectivity index (χ4v) is 3.69. The Morgan fingerprint density at radius 1 is 1.47 bits per heavy atom. The molecule has 0 amide bonds. The van der Waals surface area contributed by atoms with Gasteiger partial charge in [-0.2, -0.15) is 8.42 Å². The van der Waals surface area contributed by atoms with Crippen LogP contribution in [0.1, 0.15) is 5.56 Å².